The molecule has 4 nitrogen and oxygen atoms in total. The van der Waals surface area contributed by atoms with Crippen LogP contribution in [0.3, 0.4) is 0 Å². The number of anilines is 1. The van der Waals surface area contributed by atoms with Gasteiger partial charge in [0, 0.05) is 32.3 Å². The Kier molecular flexibility index (Phi) is 5.37. The second-order valence-corrected chi connectivity index (χ2v) is 7.29. The first kappa shape index (κ1) is 16.8. The lowest BCUT2D eigenvalue weighted by Gasteiger charge is -2.13. The van der Waals surface area contributed by atoms with E-state index >= 15 is 0 Å². The normalized spacial score (nSPS) is 11.9. The van der Waals surface area contributed by atoms with E-state index in [-0.39, 0.29) is 11.9 Å². The van der Waals surface area contributed by atoms with E-state index in [9.17, 15) is 4.79 Å². The monoisotopic (exact) mass is 401 g/mol. The van der Waals surface area contributed by atoms with E-state index in [1.807, 2.05) is 43.3 Å². The van der Waals surface area contributed by atoms with E-state index in [4.69, 9.17) is 0 Å². The van der Waals surface area contributed by atoms with Crippen molar-refractivity contribution in [3.8, 4) is 0 Å². The van der Waals surface area contributed by atoms with Gasteiger partial charge in [-0.2, -0.15) is 5.10 Å². The van der Waals surface area contributed by atoms with E-state index in [0.29, 0.717) is 0 Å². The fraction of sp³-hybridized carbons (Fsp3) is 0.111. The largest absolute Gasteiger partial charge is 0.324 e. The number of aromatic nitrogens is 2. The molecular weight excluding hydrogens is 386 g/mol. The number of carbonyl (C=O) groups is 1. The van der Waals surface area contributed by atoms with Gasteiger partial charge in [-0.3, -0.25) is 9.48 Å². The third-order valence-corrected chi connectivity index (χ3v) is 5.02. The van der Waals surface area contributed by atoms with Crippen molar-refractivity contribution in [2.24, 2.45) is 0 Å². The molecule has 1 amide bonds. The molecule has 0 aliphatic rings. The van der Waals surface area contributed by atoms with Crippen molar-refractivity contribution in [1.29, 1.82) is 0 Å². The van der Waals surface area contributed by atoms with Gasteiger partial charge in [-0.1, -0.05) is 27.7 Å². The van der Waals surface area contributed by atoms with E-state index in [1.165, 1.54) is 4.90 Å². The molecule has 1 heterocycles. The standard InChI is InChI=1S/C18H16BrN3OS/c1-13(22-12-2-11-20-22)18(23)21-15-5-9-17(10-6-15)24-16-7-3-14(19)4-8-16/h2-13H,1H3,(H,21,23)/t13-/m1/s1. The molecule has 2 aromatic carbocycles. The van der Waals surface area contributed by atoms with Gasteiger partial charge < -0.3 is 5.32 Å². The Morgan fingerprint density at radius 2 is 1.75 bits per heavy atom. The molecule has 3 rings (SSSR count). The first-order valence-corrected chi connectivity index (χ1v) is 9.06. The molecule has 0 aliphatic carbocycles. The summed E-state index contributed by atoms with van der Waals surface area (Å²) in [7, 11) is 0. The number of halogens is 1. The molecule has 0 radical (unpaired) electrons. The Labute approximate surface area is 153 Å². The van der Waals surface area contributed by atoms with Crippen molar-refractivity contribution in [2.45, 2.75) is 22.8 Å². The number of carbonyl (C=O) groups excluding carboxylic acids is 1. The molecule has 122 valence electrons. The average molecular weight is 402 g/mol. The van der Waals surface area contributed by atoms with Gasteiger partial charge in [-0.25, -0.2) is 0 Å². The smallest absolute Gasteiger partial charge is 0.248 e. The number of hydrogen-bond donors (Lipinski definition) is 1. The second kappa shape index (κ2) is 7.68. The summed E-state index contributed by atoms with van der Waals surface area (Å²) < 4.78 is 2.70. The molecule has 0 saturated heterocycles. The van der Waals surface area contributed by atoms with Crippen LogP contribution < -0.4 is 5.32 Å². The molecule has 1 N–H and O–H groups in total. The number of nitrogens with one attached hydrogen (secondary N) is 1. The highest BCUT2D eigenvalue weighted by Crippen LogP contribution is 2.29. The third-order valence-electron chi connectivity index (χ3n) is 3.47. The van der Waals surface area contributed by atoms with Crippen molar-refractivity contribution < 1.29 is 4.79 Å². The average Bonchev–Trinajstić information content (AvgIpc) is 3.12. The highest BCUT2D eigenvalue weighted by atomic mass is 79.9. The summed E-state index contributed by atoms with van der Waals surface area (Å²) in [6.45, 7) is 1.82. The van der Waals surface area contributed by atoms with Crippen LogP contribution in [0.15, 0.2) is 81.3 Å². The molecule has 24 heavy (non-hydrogen) atoms. The van der Waals surface area contributed by atoms with Gasteiger partial charge in [0.15, 0.2) is 0 Å². The highest BCUT2D eigenvalue weighted by molar-refractivity contribution is 9.10. The molecule has 0 saturated carbocycles. The van der Waals surface area contributed by atoms with Gasteiger partial charge in [-0.05, 0) is 61.5 Å². The van der Waals surface area contributed by atoms with Crippen molar-refractivity contribution in [3.05, 3.63) is 71.5 Å². The summed E-state index contributed by atoms with van der Waals surface area (Å²) in [5.74, 6) is -0.0907. The summed E-state index contributed by atoms with van der Waals surface area (Å²) in [5.41, 5.74) is 0.777. The van der Waals surface area contributed by atoms with Crippen LogP contribution in [0.1, 0.15) is 13.0 Å². The number of hydrogen-bond acceptors (Lipinski definition) is 3. The second-order valence-electron chi connectivity index (χ2n) is 5.23. The lowest BCUT2D eigenvalue weighted by molar-refractivity contribution is -0.119. The maximum Gasteiger partial charge on any atom is 0.248 e. The first-order chi connectivity index (χ1) is 11.6. The summed E-state index contributed by atoms with van der Waals surface area (Å²) in [4.78, 5) is 14.5. The number of benzene rings is 2. The van der Waals surface area contributed by atoms with Crippen molar-refractivity contribution in [1.82, 2.24) is 9.78 Å². The molecule has 0 spiro atoms. The highest BCUT2D eigenvalue weighted by Gasteiger charge is 2.14. The maximum atomic E-state index is 12.2. The van der Waals surface area contributed by atoms with Crippen LogP contribution in [0, 0.1) is 0 Å². The number of nitrogens with zero attached hydrogens (tertiary/aromatic N) is 2. The zero-order valence-corrected chi connectivity index (χ0v) is 15.4. The Morgan fingerprint density at radius 3 is 2.33 bits per heavy atom. The van der Waals surface area contributed by atoms with Gasteiger partial charge >= 0.3 is 0 Å². The van der Waals surface area contributed by atoms with Crippen LogP contribution in [0.2, 0.25) is 0 Å². The zero-order chi connectivity index (χ0) is 16.9. The Balaban J connectivity index is 1.62. The summed E-state index contributed by atoms with van der Waals surface area (Å²) in [6.07, 6.45) is 3.44. The van der Waals surface area contributed by atoms with Crippen LogP contribution in [-0.4, -0.2) is 15.7 Å². The lowest BCUT2D eigenvalue weighted by Crippen LogP contribution is -2.23. The van der Waals surface area contributed by atoms with Crippen molar-refractivity contribution >= 4 is 39.3 Å². The Morgan fingerprint density at radius 1 is 1.12 bits per heavy atom. The predicted molar refractivity (Wildman–Crippen MR) is 100 cm³/mol. The van der Waals surface area contributed by atoms with Gasteiger partial charge in [0.2, 0.25) is 5.91 Å². The molecule has 6 heteroatoms. The third kappa shape index (κ3) is 4.27. The van der Waals surface area contributed by atoms with Crippen LogP contribution in [0.25, 0.3) is 0 Å². The molecule has 0 bridgehead atoms. The molecule has 0 aliphatic heterocycles. The topological polar surface area (TPSA) is 46.9 Å². The predicted octanol–water partition coefficient (Wildman–Crippen LogP) is 5.00. The molecule has 3 aromatic rings. The minimum absolute atomic E-state index is 0.0907. The van der Waals surface area contributed by atoms with Gasteiger partial charge in [0.05, 0.1) is 0 Å². The van der Waals surface area contributed by atoms with Crippen molar-refractivity contribution in [2.75, 3.05) is 5.32 Å². The van der Waals surface area contributed by atoms with Crippen molar-refractivity contribution in [3.63, 3.8) is 0 Å². The lowest BCUT2D eigenvalue weighted by atomic mass is 10.2. The van der Waals surface area contributed by atoms with E-state index < -0.39 is 0 Å². The Hall–Kier alpha value is -2.05. The maximum absolute atomic E-state index is 12.2. The molecule has 0 fully saturated rings. The number of rotatable bonds is 5. The van der Waals surface area contributed by atoms with E-state index in [0.717, 1.165) is 15.1 Å². The van der Waals surface area contributed by atoms with Gasteiger partial charge in [-0.15, -0.1) is 0 Å². The Bertz CT molecular complexity index is 801. The SMILES string of the molecule is C[C@H](C(=O)Nc1ccc(Sc2ccc(Br)cc2)cc1)n1cccn1. The summed E-state index contributed by atoms with van der Waals surface area (Å²) in [5, 5.41) is 7.01. The molecular formula is C18H16BrN3OS. The quantitative estimate of drug-likeness (QED) is 0.654. The first-order valence-electron chi connectivity index (χ1n) is 7.45. The van der Waals surface area contributed by atoms with Crippen LogP contribution in [-0.2, 0) is 4.79 Å². The van der Waals surface area contributed by atoms with Crippen LogP contribution >= 0.6 is 27.7 Å². The van der Waals surface area contributed by atoms with Gasteiger partial charge in [0.1, 0.15) is 6.04 Å². The number of amides is 1. The van der Waals surface area contributed by atoms with Gasteiger partial charge in [0.25, 0.3) is 0 Å². The molecule has 1 atom stereocenters. The molecule has 0 unspecified atom stereocenters. The van der Waals surface area contributed by atoms with E-state index in [2.05, 4.69) is 38.5 Å². The zero-order valence-electron chi connectivity index (χ0n) is 13.0. The fourth-order valence-electron chi connectivity index (χ4n) is 2.12. The van der Waals surface area contributed by atoms with Crippen LogP contribution in [0.4, 0.5) is 5.69 Å². The summed E-state index contributed by atoms with van der Waals surface area (Å²) in [6, 6.07) is 17.5. The minimum atomic E-state index is -0.350. The fourth-order valence-corrected chi connectivity index (χ4v) is 3.20. The van der Waals surface area contributed by atoms with E-state index in [1.54, 1.807) is 34.9 Å². The minimum Gasteiger partial charge on any atom is -0.324 e. The molecule has 1 aromatic heterocycles. The van der Waals surface area contributed by atoms with Crippen LogP contribution in [0.5, 0.6) is 0 Å². The summed E-state index contributed by atoms with van der Waals surface area (Å²) >= 11 is 5.11.